The molecule has 2 heterocycles. The zero-order chi connectivity index (χ0) is 11.5. The maximum absolute atomic E-state index is 5.58. The predicted molar refractivity (Wildman–Crippen MR) is 66.6 cm³/mol. The number of rotatable bonds is 3. The Bertz CT molecular complexity index is 222. The van der Waals surface area contributed by atoms with Crippen LogP contribution in [0.3, 0.4) is 0 Å². The van der Waals surface area contributed by atoms with Gasteiger partial charge in [-0.05, 0) is 32.7 Å². The minimum Gasteiger partial charge on any atom is -0.379 e. The Morgan fingerprint density at radius 2 is 2.06 bits per heavy atom. The number of hydrogen-bond acceptors (Lipinski definition) is 3. The van der Waals surface area contributed by atoms with Crippen molar-refractivity contribution < 1.29 is 4.74 Å². The highest BCUT2D eigenvalue weighted by atomic mass is 16.5. The predicted octanol–water partition coefficient (Wildman–Crippen LogP) is 1.34. The van der Waals surface area contributed by atoms with Crippen molar-refractivity contribution in [1.82, 2.24) is 10.2 Å². The molecule has 0 aromatic carbocycles. The highest BCUT2D eigenvalue weighted by Gasteiger charge is 2.31. The molecule has 2 aliphatic rings. The molecule has 0 saturated carbocycles. The van der Waals surface area contributed by atoms with Gasteiger partial charge in [0.1, 0.15) is 0 Å². The lowest BCUT2D eigenvalue weighted by Gasteiger charge is -2.38. The molecule has 16 heavy (non-hydrogen) atoms. The van der Waals surface area contributed by atoms with Gasteiger partial charge >= 0.3 is 0 Å². The van der Waals surface area contributed by atoms with E-state index in [-0.39, 0.29) is 0 Å². The van der Waals surface area contributed by atoms with Crippen LogP contribution in [-0.2, 0) is 4.74 Å². The van der Waals surface area contributed by atoms with Crippen molar-refractivity contribution in [2.75, 3.05) is 33.4 Å². The Labute approximate surface area is 99.5 Å². The summed E-state index contributed by atoms with van der Waals surface area (Å²) in [7, 11) is 2.05. The first kappa shape index (κ1) is 12.3. The van der Waals surface area contributed by atoms with Gasteiger partial charge in [-0.3, -0.25) is 4.90 Å². The number of likely N-dealkylation sites (tertiary alicyclic amines) is 1. The van der Waals surface area contributed by atoms with Crippen LogP contribution in [0.15, 0.2) is 0 Å². The molecule has 0 aromatic heterocycles. The fourth-order valence-electron chi connectivity index (χ4n) is 3.03. The summed E-state index contributed by atoms with van der Waals surface area (Å²) in [4.78, 5) is 2.66. The smallest absolute Gasteiger partial charge is 0.0623 e. The van der Waals surface area contributed by atoms with Crippen molar-refractivity contribution in [2.45, 2.75) is 38.8 Å². The fraction of sp³-hybridized carbons (Fsp3) is 1.00. The molecular weight excluding hydrogens is 200 g/mol. The molecule has 3 nitrogen and oxygen atoms in total. The molecule has 94 valence electrons. The zero-order valence-electron chi connectivity index (χ0n) is 10.9. The Hall–Kier alpha value is -0.120. The van der Waals surface area contributed by atoms with E-state index in [9.17, 15) is 0 Å². The summed E-state index contributed by atoms with van der Waals surface area (Å²) in [5.41, 5.74) is 0. The van der Waals surface area contributed by atoms with E-state index < -0.39 is 0 Å². The molecule has 3 heteroatoms. The van der Waals surface area contributed by atoms with Crippen LogP contribution in [0.4, 0.5) is 0 Å². The minimum atomic E-state index is 0.560. The standard InChI is InChI=1S/C13H26N2O/c1-10-4-5-11(2)15(6-10)7-12-8-16-9-13(12)14-3/h10-14H,4-9H2,1-3H3. The lowest BCUT2D eigenvalue weighted by Crippen LogP contribution is -2.47. The minimum absolute atomic E-state index is 0.560. The number of nitrogens with one attached hydrogen (secondary N) is 1. The van der Waals surface area contributed by atoms with Crippen molar-refractivity contribution in [2.24, 2.45) is 11.8 Å². The number of nitrogens with zero attached hydrogens (tertiary/aromatic N) is 1. The first-order valence-corrected chi connectivity index (χ1v) is 6.69. The lowest BCUT2D eigenvalue weighted by atomic mass is 9.93. The summed E-state index contributed by atoms with van der Waals surface area (Å²) in [6, 6.07) is 1.32. The largest absolute Gasteiger partial charge is 0.379 e. The van der Waals surface area contributed by atoms with Gasteiger partial charge in [0, 0.05) is 31.1 Å². The summed E-state index contributed by atoms with van der Waals surface area (Å²) in [6.45, 7) is 9.04. The molecule has 1 N–H and O–H groups in total. The normalized spacial score (nSPS) is 41.4. The van der Waals surface area contributed by atoms with Gasteiger partial charge in [0.25, 0.3) is 0 Å². The number of piperidine rings is 1. The van der Waals surface area contributed by atoms with E-state index >= 15 is 0 Å². The first-order chi connectivity index (χ1) is 7.70. The van der Waals surface area contributed by atoms with E-state index in [0.29, 0.717) is 12.0 Å². The monoisotopic (exact) mass is 226 g/mol. The molecule has 2 rings (SSSR count). The van der Waals surface area contributed by atoms with E-state index in [1.807, 2.05) is 0 Å². The van der Waals surface area contributed by atoms with E-state index in [1.165, 1.54) is 25.9 Å². The van der Waals surface area contributed by atoms with Crippen molar-refractivity contribution in [3.05, 3.63) is 0 Å². The van der Waals surface area contributed by atoms with Gasteiger partial charge in [-0.2, -0.15) is 0 Å². The first-order valence-electron chi connectivity index (χ1n) is 6.69. The Balaban J connectivity index is 1.87. The van der Waals surface area contributed by atoms with Crippen LogP contribution < -0.4 is 5.32 Å². The molecule has 0 spiro atoms. The van der Waals surface area contributed by atoms with E-state index in [1.54, 1.807) is 0 Å². The van der Waals surface area contributed by atoms with Gasteiger partial charge < -0.3 is 10.1 Å². The second-order valence-corrected chi connectivity index (χ2v) is 5.68. The van der Waals surface area contributed by atoms with Crippen LogP contribution in [0.2, 0.25) is 0 Å². The van der Waals surface area contributed by atoms with Crippen LogP contribution in [-0.4, -0.2) is 50.3 Å². The molecule has 2 saturated heterocycles. The molecule has 2 aliphatic heterocycles. The molecule has 0 amide bonds. The van der Waals surface area contributed by atoms with Gasteiger partial charge in [-0.1, -0.05) is 6.92 Å². The lowest BCUT2D eigenvalue weighted by molar-refractivity contribution is 0.0956. The van der Waals surface area contributed by atoms with Gasteiger partial charge in [0.15, 0.2) is 0 Å². The fourth-order valence-corrected chi connectivity index (χ4v) is 3.03. The van der Waals surface area contributed by atoms with Crippen LogP contribution in [0.5, 0.6) is 0 Å². The summed E-state index contributed by atoms with van der Waals surface area (Å²) in [5, 5.41) is 3.38. The van der Waals surface area contributed by atoms with Crippen molar-refractivity contribution in [3.63, 3.8) is 0 Å². The van der Waals surface area contributed by atoms with Crippen LogP contribution in [0.1, 0.15) is 26.7 Å². The SMILES string of the molecule is CNC1COCC1CN1CC(C)CCC1C. The highest BCUT2D eigenvalue weighted by molar-refractivity contribution is 4.86. The number of likely N-dealkylation sites (N-methyl/N-ethyl adjacent to an activating group) is 1. The number of ether oxygens (including phenoxy) is 1. The van der Waals surface area contributed by atoms with Crippen LogP contribution in [0, 0.1) is 11.8 Å². The molecule has 0 bridgehead atoms. The van der Waals surface area contributed by atoms with Gasteiger partial charge in [-0.25, -0.2) is 0 Å². The molecule has 2 fully saturated rings. The van der Waals surface area contributed by atoms with Gasteiger partial charge in [0.05, 0.1) is 13.2 Å². The van der Waals surface area contributed by atoms with E-state index in [0.717, 1.165) is 25.2 Å². The van der Waals surface area contributed by atoms with Crippen LogP contribution >= 0.6 is 0 Å². The summed E-state index contributed by atoms with van der Waals surface area (Å²) >= 11 is 0. The summed E-state index contributed by atoms with van der Waals surface area (Å²) in [6.07, 6.45) is 2.76. The quantitative estimate of drug-likeness (QED) is 0.786. The van der Waals surface area contributed by atoms with Crippen molar-refractivity contribution in [3.8, 4) is 0 Å². The molecule has 0 aliphatic carbocycles. The Kier molecular flexibility index (Phi) is 4.22. The summed E-state index contributed by atoms with van der Waals surface area (Å²) < 4.78 is 5.58. The maximum atomic E-state index is 5.58. The highest BCUT2D eigenvalue weighted by Crippen LogP contribution is 2.24. The molecule has 0 radical (unpaired) electrons. The third-order valence-corrected chi connectivity index (χ3v) is 4.28. The average Bonchev–Trinajstić information content (AvgIpc) is 2.71. The Morgan fingerprint density at radius 3 is 2.81 bits per heavy atom. The molecule has 4 atom stereocenters. The van der Waals surface area contributed by atoms with Gasteiger partial charge in [0.2, 0.25) is 0 Å². The number of hydrogen-bond donors (Lipinski definition) is 1. The van der Waals surface area contributed by atoms with Crippen molar-refractivity contribution in [1.29, 1.82) is 0 Å². The van der Waals surface area contributed by atoms with Crippen LogP contribution in [0.25, 0.3) is 0 Å². The zero-order valence-corrected chi connectivity index (χ0v) is 10.9. The topological polar surface area (TPSA) is 24.5 Å². The van der Waals surface area contributed by atoms with Crippen molar-refractivity contribution >= 4 is 0 Å². The van der Waals surface area contributed by atoms with Gasteiger partial charge in [-0.15, -0.1) is 0 Å². The molecule has 4 unspecified atom stereocenters. The third-order valence-electron chi connectivity index (χ3n) is 4.28. The second-order valence-electron chi connectivity index (χ2n) is 5.68. The van der Waals surface area contributed by atoms with E-state index in [2.05, 4.69) is 31.1 Å². The Morgan fingerprint density at radius 1 is 1.25 bits per heavy atom. The third kappa shape index (κ3) is 2.76. The van der Waals surface area contributed by atoms with E-state index in [4.69, 9.17) is 4.74 Å². The second kappa shape index (κ2) is 5.48. The molecule has 0 aromatic rings. The molecular formula is C13H26N2O. The average molecular weight is 226 g/mol. The summed E-state index contributed by atoms with van der Waals surface area (Å²) in [5.74, 6) is 1.55. The maximum Gasteiger partial charge on any atom is 0.0623 e.